The van der Waals surface area contributed by atoms with E-state index in [1.54, 1.807) is 18.3 Å². The number of nitrogens with one attached hydrogen (secondary N) is 1. The third kappa shape index (κ3) is 6.28. The molecular formula is C15H14Cl3N5. The number of hydrogen-bond acceptors (Lipinski definition) is 3. The molecule has 2 rings (SSSR count). The molecular weight excluding hydrogens is 357 g/mol. The molecule has 0 aromatic heterocycles. The van der Waals surface area contributed by atoms with Crippen molar-refractivity contribution in [2.24, 2.45) is 21.0 Å². The van der Waals surface area contributed by atoms with Gasteiger partial charge in [0, 0.05) is 21.2 Å². The Labute approximate surface area is 150 Å². The van der Waals surface area contributed by atoms with E-state index in [4.69, 9.17) is 28.9 Å². The standard InChI is InChI=1S/C15H13Cl2N5.ClH/c16-13-7-3-1-5-11(13)9-19-21-15(18)22-20-10-12-6-2-4-8-14(12)17;/h1-10H,(H3,18,21,22);1H. The first kappa shape index (κ1) is 19.0. The van der Waals surface area contributed by atoms with Crippen molar-refractivity contribution in [3.8, 4) is 0 Å². The molecule has 0 heterocycles. The Hall–Kier alpha value is -2.08. The summed E-state index contributed by atoms with van der Waals surface area (Å²) in [7, 11) is 0. The van der Waals surface area contributed by atoms with Crippen LogP contribution in [0.1, 0.15) is 11.1 Å². The summed E-state index contributed by atoms with van der Waals surface area (Å²) in [5.74, 6) is 0.0478. The van der Waals surface area contributed by atoms with E-state index in [2.05, 4.69) is 20.7 Å². The second kappa shape index (κ2) is 9.84. The summed E-state index contributed by atoms with van der Waals surface area (Å²) in [5, 5.41) is 12.7. The monoisotopic (exact) mass is 369 g/mol. The van der Waals surface area contributed by atoms with Crippen molar-refractivity contribution in [2.75, 3.05) is 0 Å². The van der Waals surface area contributed by atoms with Gasteiger partial charge in [0.15, 0.2) is 0 Å². The highest BCUT2D eigenvalue weighted by atomic mass is 35.5. The number of nitrogens with zero attached hydrogens (tertiary/aromatic N) is 3. The van der Waals surface area contributed by atoms with Crippen LogP contribution in [-0.2, 0) is 0 Å². The van der Waals surface area contributed by atoms with E-state index in [1.807, 2.05) is 36.4 Å². The molecule has 0 saturated carbocycles. The van der Waals surface area contributed by atoms with Gasteiger partial charge in [-0.1, -0.05) is 59.6 Å². The normalized spacial score (nSPS) is 11.7. The third-order valence-corrected chi connectivity index (χ3v) is 3.24. The minimum atomic E-state index is 0. The lowest BCUT2D eigenvalue weighted by Gasteiger charge is -1.98. The van der Waals surface area contributed by atoms with Gasteiger partial charge in [0.05, 0.1) is 12.4 Å². The van der Waals surface area contributed by atoms with Crippen molar-refractivity contribution in [1.82, 2.24) is 5.43 Å². The fourth-order valence-electron chi connectivity index (χ4n) is 1.50. The fourth-order valence-corrected chi connectivity index (χ4v) is 1.87. The summed E-state index contributed by atoms with van der Waals surface area (Å²) in [6.45, 7) is 0. The molecule has 0 aliphatic heterocycles. The van der Waals surface area contributed by atoms with Crippen molar-refractivity contribution in [2.45, 2.75) is 0 Å². The summed E-state index contributed by atoms with van der Waals surface area (Å²) >= 11 is 12.0. The minimum Gasteiger partial charge on any atom is -0.367 e. The van der Waals surface area contributed by atoms with Crippen LogP contribution in [-0.4, -0.2) is 18.4 Å². The molecule has 0 spiro atoms. The topological polar surface area (TPSA) is 75.1 Å². The van der Waals surface area contributed by atoms with Gasteiger partial charge < -0.3 is 5.73 Å². The highest BCUT2D eigenvalue weighted by Gasteiger charge is 1.95. The summed E-state index contributed by atoms with van der Waals surface area (Å²) in [4.78, 5) is 0. The van der Waals surface area contributed by atoms with E-state index in [9.17, 15) is 0 Å². The van der Waals surface area contributed by atoms with E-state index >= 15 is 0 Å². The Balaban J connectivity index is 0.00000264. The first-order valence-corrected chi connectivity index (χ1v) is 7.07. The maximum absolute atomic E-state index is 5.99. The van der Waals surface area contributed by atoms with Crippen LogP contribution in [0.15, 0.2) is 63.8 Å². The van der Waals surface area contributed by atoms with Gasteiger partial charge in [-0.15, -0.1) is 17.5 Å². The van der Waals surface area contributed by atoms with Crippen molar-refractivity contribution >= 4 is 54.0 Å². The number of benzene rings is 2. The molecule has 0 amide bonds. The van der Waals surface area contributed by atoms with Crippen molar-refractivity contribution in [3.63, 3.8) is 0 Å². The van der Waals surface area contributed by atoms with Crippen LogP contribution < -0.4 is 11.2 Å². The minimum absolute atomic E-state index is 0. The van der Waals surface area contributed by atoms with Crippen LogP contribution in [0, 0.1) is 0 Å². The molecule has 0 aliphatic carbocycles. The molecule has 5 nitrogen and oxygen atoms in total. The van der Waals surface area contributed by atoms with Crippen LogP contribution in [0.5, 0.6) is 0 Å². The Morgan fingerprint density at radius 2 is 1.43 bits per heavy atom. The predicted molar refractivity (Wildman–Crippen MR) is 100 cm³/mol. The van der Waals surface area contributed by atoms with Crippen LogP contribution in [0.2, 0.25) is 10.0 Å². The van der Waals surface area contributed by atoms with Crippen molar-refractivity contribution < 1.29 is 0 Å². The molecule has 0 bridgehead atoms. The lowest BCUT2D eigenvalue weighted by molar-refractivity contribution is 0.994. The van der Waals surface area contributed by atoms with Gasteiger partial charge in [-0.3, -0.25) is 0 Å². The Morgan fingerprint density at radius 1 is 0.913 bits per heavy atom. The number of hydrazone groups is 1. The van der Waals surface area contributed by atoms with Crippen LogP contribution >= 0.6 is 35.6 Å². The van der Waals surface area contributed by atoms with Crippen LogP contribution in [0.3, 0.4) is 0 Å². The number of rotatable bonds is 4. The first-order chi connectivity index (χ1) is 10.7. The van der Waals surface area contributed by atoms with Gasteiger partial charge in [0.25, 0.3) is 0 Å². The van der Waals surface area contributed by atoms with E-state index in [1.165, 1.54) is 6.21 Å². The van der Waals surface area contributed by atoms with Crippen molar-refractivity contribution in [1.29, 1.82) is 0 Å². The third-order valence-electron chi connectivity index (χ3n) is 2.56. The zero-order valence-electron chi connectivity index (χ0n) is 11.9. The lowest BCUT2D eigenvalue weighted by atomic mass is 10.2. The average Bonchev–Trinajstić information content (AvgIpc) is 2.51. The molecule has 0 unspecified atom stereocenters. The van der Waals surface area contributed by atoms with Gasteiger partial charge in [0.2, 0.25) is 5.96 Å². The maximum Gasteiger partial charge on any atom is 0.234 e. The molecule has 3 N–H and O–H groups in total. The number of hydrogen-bond donors (Lipinski definition) is 2. The molecule has 8 heteroatoms. The van der Waals surface area contributed by atoms with Crippen LogP contribution in [0.25, 0.3) is 0 Å². The number of nitrogens with two attached hydrogens (primary N) is 1. The smallest absolute Gasteiger partial charge is 0.234 e. The zero-order chi connectivity index (χ0) is 15.8. The predicted octanol–water partition coefficient (Wildman–Crippen LogP) is 3.69. The summed E-state index contributed by atoms with van der Waals surface area (Å²) in [5.41, 5.74) is 9.69. The largest absolute Gasteiger partial charge is 0.367 e. The van der Waals surface area contributed by atoms with Gasteiger partial charge in [-0.25, -0.2) is 5.43 Å². The highest BCUT2D eigenvalue weighted by Crippen LogP contribution is 2.12. The SMILES string of the molecule is Cl.NC(=NN=Cc1ccccc1Cl)NN=Cc1ccccc1Cl. The van der Waals surface area contributed by atoms with Crippen LogP contribution in [0.4, 0.5) is 0 Å². The zero-order valence-corrected chi connectivity index (χ0v) is 14.2. The van der Waals surface area contributed by atoms with E-state index < -0.39 is 0 Å². The molecule has 0 fully saturated rings. The second-order valence-electron chi connectivity index (χ2n) is 4.14. The van der Waals surface area contributed by atoms with E-state index in [0.29, 0.717) is 10.0 Å². The number of guanidine groups is 1. The van der Waals surface area contributed by atoms with Gasteiger partial charge in [0.1, 0.15) is 0 Å². The molecule has 2 aromatic rings. The second-order valence-corrected chi connectivity index (χ2v) is 4.96. The summed E-state index contributed by atoms with van der Waals surface area (Å²) < 4.78 is 0. The Kier molecular flexibility index (Phi) is 8.11. The highest BCUT2D eigenvalue weighted by molar-refractivity contribution is 6.33. The molecule has 0 aliphatic rings. The molecule has 0 atom stereocenters. The van der Waals surface area contributed by atoms with E-state index in [-0.39, 0.29) is 18.4 Å². The first-order valence-electron chi connectivity index (χ1n) is 6.31. The molecule has 0 radical (unpaired) electrons. The average molecular weight is 371 g/mol. The van der Waals surface area contributed by atoms with E-state index in [0.717, 1.165) is 11.1 Å². The Morgan fingerprint density at radius 3 is 2.00 bits per heavy atom. The Bertz CT molecular complexity index is 729. The lowest BCUT2D eigenvalue weighted by Crippen LogP contribution is -2.26. The molecule has 2 aromatic carbocycles. The van der Waals surface area contributed by atoms with Gasteiger partial charge in [-0.2, -0.15) is 10.2 Å². The van der Waals surface area contributed by atoms with Gasteiger partial charge >= 0.3 is 0 Å². The molecule has 23 heavy (non-hydrogen) atoms. The molecule has 0 saturated heterocycles. The summed E-state index contributed by atoms with van der Waals surface area (Å²) in [6.07, 6.45) is 3.05. The quantitative estimate of drug-likeness (QED) is 0.489. The molecule has 120 valence electrons. The number of halogens is 3. The fraction of sp³-hybridized carbons (Fsp3) is 0. The van der Waals surface area contributed by atoms with Gasteiger partial charge in [-0.05, 0) is 12.1 Å². The maximum atomic E-state index is 5.99. The van der Waals surface area contributed by atoms with Crippen molar-refractivity contribution in [3.05, 3.63) is 69.7 Å². The summed E-state index contributed by atoms with van der Waals surface area (Å²) in [6, 6.07) is 14.6.